The molecular weight excluding hydrogens is 331 g/mol. The zero-order chi connectivity index (χ0) is 18.1. The minimum absolute atomic E-state index is 0.227. The van der Waals surface area contributed by atoms with E-state index >= 15 is 0 Å². The van der Waals surface area contributed by atoms with Crippen molar-refractivity contribution in [3.05, 3.63) is 88.7 Å². The maximum absolute atomic E-state index is 13.6. The summed E-state index contributed by atoms with van der Waals surface area (Å²) in [7, 11) is 0. The van der Waals surface area contributed by atoms with Crippen LogP contribution in [-0.2, 0) is 0 Å². The average molecular weight is 346 g/mol. The number of fused-ring (bicyclic) bond motifs is 1. The SMILES string of the molecule is Cc1cc(Nc2nc3ccc(F)cc3c(=O)n2-c2ccccc2)ccn1. The molecule has 0 atom stereocenters. The second-order valence-corrected chi connectivity index (χ2v) is 5.88. The molecule has 0 saturated carbocycles. The van der Waals surface area contributed by atoms with Gasteiger partial charge in [0.05, 0.1) is 16.6 Å². The van der Waals surface area contributed by atoms with Gasteiger partial charge in [0.25, 0.3) is 5.56 Å². The highest BCUT2D eigenvalue weighted by atomic mass is 19.1. The third-order valence-electron chi connectivity index (χ3n) is 4.00. The van der Waals surface area contributed by atoms with Gasteiger partial charge in [-0.05, 0) is 49.4 Å². The van der Waals surface area contributed by atoms with Gasteiger partial charge in [-0.15, -0.1) is 0 Å². The maximum atomic E-state index is 13.6. The molecule has 5 nitrogen and oxygen atoms in total. The fourth-order valence-electron chi connectivity index (χ4n) is 2.81. The monoisotopic (exact) mass is 346 g/mol. The smallest absolute Gasteiger partial charge is 0.267 e. The van der Waals surface area contributed by atoms with Crippen LogP contribution in [0.3, 0.4) is 0 Å². The minimum Gasteiger partial charge on any atom is -0.325 e. The molecule has 0 saturated heterocycles. The lowest BCUT2D eigenvalue weighted by atomic mass is 10.2. The van der Waals surface area contributed by atoms with Crippen molar-refractivity contribution in [3.8, 4) is 5.69 Å². The number of pyridine rings is 1. The molecule has 1 N–H and O–H groups in total. The second-order valence-electron chi connectivity index (χ2n) is 5.88. The highest BCUT2D eigenvalue weighted by Gasteiger charge is 2.13. The minimum atomic E-state index is -0.471. The number of nitrogens with zero attached hydrogens (tertiary/aromatic N) is 3. The van der Waals surface area contributed by atoms with Crippen LogP contribution in [-0.4, -0.2) is 14.5 Å². The number of aryl methyl sites for hydroxylation is 1. The molecule has 6 heteroatoms. The number of hydrogen-bond acceptors (Lipinski definition) is 4. The molecule has 4 aromatic rings. The number of benzene rings is 2. The third kappa shape index (κ3) is 2.93. The molecule has 0 aliphatic heterocycles. The predicted octanol–water partition coefficient (Wildman–Crippen LogP) is 3.97. The number of nitrogens with one attached hydrogen (secondary N) is 1. The first-order valence-corrected chi connectivity index (χ1v) is 8.09. The number of aromatic nitrogens is 3. The number of rotatable bonds is 3. The Morgan fingerprint density at radius 2 is 1.85 bits per heavy atom. The molecule has 0 fully saturated rings. The molecule has 2 aromatic carbocycles. The lowest BCUT2D eigenvalue weighted by Gasteiger charge is -2.15. The summed E-state index contributed by atoms with van der Waals surface area (Å²) in [4.78, 5) is 21.8. The Bertz CT molecular complexity index is 1160. The highest BCUT2D eigenvalue weighted by Crippen LogP contribution is 2.20. The molecule has 0 aliphatic rings. The molecule has 0 spiro atoms. The fourth-order valence-corrected chi connectivity index (χ4v) is 2.81. The van der Waals surface area contributed by atoms with Crippen molar-refractivity contribution in [1.29, 1.82) is 0 Å². The maximum Gasteiger partial charge on any atom is 0.267 e. The summed E-state index contributed by atoms with van der Waals surface area (Å²) in [5.41, 5.74) is 2.33. The van der Waals surface area contributed by atoms with Crippen molar-refractivity contribution in [2.24, 2.45) is 0 Å². The first-order chi connectivity index (χ1) is 12.6. The third-order valence-corrected chi connectivity index (χ3v) is 4.00. The van der Waals surface area contributed by atoms with Crippen molar-refractivity contribution in [3.63, 3.8) is 0 Å². The van der Waals surface area contributed by atoms with E-state index in [1.807, 2.05) is 31.2 Å². The quantitative estimate of drug-likeness (QED) is 0.610. The summed E-state index contributed by atoms with van der Waals surface area (Å²) >= 11 is 0. The Hall–Kier alpha value is -3.54. The molecule has 26 heavy (non-hydrogen) atoms. The zero-order valence-electron chi connectivity index (χ0n) is 14.0. The molecule has 4 rings (SSSR count). The van der Waals surface area contributed by atoms with E-state index in [1.54, 1.807) is 24.4 Å². The van der Waals surface area contributed by atoms with E-state index in [2.05, 4.69) is 15.3 Å². The van der Waals surface area contributed by atoms with E-state index in [4.69, 9.17) is 0 Å². The van der Waals surface area contributed by atoms with Gasteiger partial charge < -0.3 is 5.32 Å². The van der Waals surface area contributed by atoms with Gasteiger partial charge in [0, 0.05) is 17.6 Å². The Balaban J connectivity index is 1.98. The summed E-state index contributed by atoms with van der Waals surface area (Å²) in [6, 6.07) is 16.8. The van der Waals surface area contributed by atoms with Crippen LogP contribution in [0, 0.1) is 12.7 Å². The first-order valence-electron chi connectivity index (χ1n) is 8.09. The van der Waals surface area contributed by atoms with Gasteiger partial charge in [0.15, 0.2) is 0 Å². The van der Waals surface area contributed by atoms with Crippen molar-refractivity contribution < 1.29 is 4.39 Å². The van der Waals surface area contributed by atoms with Crippen LogP contribution in [0.1, 0.15) is 5.69 Å². The molecular formula is C20H15FN4O. The largest absolute Gasteiger partial charge is 0.325 e. The summed E-state index contributed by atoms with van der Waals surface area (Å²) < 4.78 is 15.1. The molecule has 0 amide bonds. The lowest BCUT2D eigenvalue weighted by Crippen LogP contribution is -2.23. The summed E-state index contributed by atoms with van der Waals surface area (Å²) in [5, 5.41) is 3.40. The fraction of sp³-hybridized carbons (Fsp3) is 0.0500. The molecule has 0 bridgehead atoms. The normalized spacial score (nSPS) is 10.8. The molecule has 0 aliphatic carbocycles. The Morgan fingerprint density at radius 1 is 1.04 bits per heavy atom. The summed E-state index contributed by atoms with van der Waals surface area (Å²) in [6.07, 6.45) is 1.68. The summed E-state index contributed by atoms with van der Waals surface area (Å²) in [5.74, 6) is -0.118. The van der Waals surface area contributed by atoms with Crippen LogP contribution < -0.4 is 10.9 Å². The number of hydrogen-bond donors (Lipinski definition) is 1. The Labute approximate surface area is 148 Å². The molecule has 2 heterocycles. The van der Waals surface area contributed by atoms with Gasteiger partial charge in [-0.25, -0.2) is 13.9 Å². The van der Waals surface area contributed by atoms with Crippen molar-refractivity contribution >= 4 is 22.5 Å². The number of anilines is 2. The van der Waals surface area contributed by atoms with Crippen LogP contribution in [0.15, 0.2) is 71.7 Å². The van der Waals surface area contributed by atoms with Crippen LogP contribution in [0.2, 0.25) is 0 Å². The van der Waals surface area contributed by atoms with Crippen molar-refractivity contribution in [2.45, 2.75) is 6.92 Å². The van der Waals surface area contributed by atoms with Crippen LogP contribution in [0.25, 0.3) is 16.6 Å². The lowest BCUT2D eigenvalue weighted by molar-refractivity contribution is 0.629. The van der Waals surface area contributed by atoms with Gasteiger partial charge in [-0.3, -0.25) is 9.78 Å². The standard InChI is InChI=1S/C20H15FN4O/c1-13-11-15(9-10-22-13)23-20-24-18-8-7-14(21)12-17(18)19(26)25(20)16-5-3-2-4-6-16/h2-12H,1H3,(H,22,23,24). The van der Waals surface area contributed by atoms with Crippen LogP contribution in [0.5, 0.6) is 0 Å². The van der Waals surface area contributed by atoms with Crippen molar-refractivity contribution in [1.82, 2.24) is 14.5 Å². The molecule has 0 radical (unpaired) electrons. The molecule has 2 aromatic heterocycles. The van der Waals surface area contributed by atoms with Gasteiger partial charge >= 0.3 is 0 Å². The van der Waals surface area contributed by atoms with Gasteiger partial charge in [0.1, 0.15) is 5.82 Å². The van der Waals surface area contributed by atoms with Crippen LogP contribution >= 0.6 is 0 Å². The number of para-hydroxylation sites is 1. The second kappa shape index (κ2) is 6.40. The molecule has 0 unspecified atom stereocenters. The van der Waals surface area contributed by atoms with Gasteiger partial charge in [-0.2, -0.15) is 0 Å². The van der Waals surface area contributed by atoms with Crippen LogP contribution in [0.4, 0.5) is 16.0 Å². The van der Waals surface area contributed by atoms with E-state index in [9.17, 15) is 9.18 Å². The van der Waals surface area contributed by atoms with E-state index in [0.717, 1.165) is 11.4 Å². The van der Waals surface area contributed by atoms with E-state index in [1.165, 1.54) is 22.8 Å². The van der Waals surface area contributed by atoms with E-state index in [-0.39, 0.29) is 10.9 Å². The zero-order valence-corrected chi connectivity index (χ0v) is 14.0. The predicted molar refractivity (Wildman–Crippen MR) is 99.6 cm³/mol. The van der Waals surface area contributed by atoms with Crippen molar-refractivity contribution in [2.75, 3.05) is 5.32 Å². The summed E-state index contributed by atoms with van der Waals surface area (Å²) in [6.45, 7) is 1.88. The topological polar surface area (TPSA) is 59.8 Å². The van der Waals surface area contributed by atoms with E-state index in [0.29, 0.717) is 17.2 Å². The average Bonchev–Trinajstić information content (AvgIpc) is 2.63. The molecule has 128 valence electrons. The van der Waals surface area contributed by atoms with E-state index < -0.39 is 5.82 Å². The highest BCUT2D eigenvalue weighted by molar-refractivity contribution is 5.80. The number of halogens is 1. The first kappa shape index (κ1) is 16.0. The van der Waals surface area contributed by atoms with Gasteiger partial charge in [0.2, 0.25) is 5.95 Å². The Kier molecular flexibility index (Phi) is 3.93. The Morgan fingerprint density at radius 3 is 2.62 bits per heavy atom. The van der Waals surface area contributed by atoms with Gasteiger partial charge in [-0.1, -0.05) is 18.2 Å².